The van der Waals surface area contributed by atoms with Gasteiger partial charge in [0.05, 0.1) is 6.04 Å². The molecule has 7 nitrogen and oxygen atoms in total. The second-order valence-electron chi connectivity index (χ2n) is 14.2. The summed E-state index contributed by atoms with van der Waals surface area (Å²) in [7, 11) is 0. The van der Waals surface area contributed by atoms with Crippen molar-refractivity contribution in [2.75, 3.05) is 6.54 Å². The van der Waals surface area contributed by atoms with Gasteiger partial charge in [-0.2, -0.15) is 0 Å². The summed E-state index contributed by atoms with van der Waals surface area (Å²) in [6.07, 6.45) is 8.47. The van der Waals surface area contributed by atoms with Crippen LogP contribution in [0.1, 0.15) is 93.4 Å². The van der Waals surface area contributed by atoms with Crippen molar-refractivity contribution in [2.24, 2.45) is 52.8 Å². The Balaban J connectivity index is 1.39. The molecule has 222 valence electrons. The number of Topliss-reactive ketones (excluding diaryl/α,β-unsaturated/α-hetero) is 1. The van der Waals surface area contributed by atoms with Crippen LogP contribution in [0, 0.1) is 52.8 Å². The van der Waals surface area contributed by atoms with Crippen LogP contribution in [0.2, 0.25) is 0 Å². The molecule has 0 radical (unpaired) electrons. The summed E-state index contributed by atoms with van der Waals surface area (Å²) in [5.74, 6) is 1.53. The average Bonchev–Trinajstić information content (AvgIpc) is 3.16. The fourth-order valence-corrected chi connectivity index (χ4v) is 10.2. The molecule has 3 saturated carbocycles. The van der Waals surface area contributed by atoms with Crippen molar-refractivity contribution in [3.8, 4) is 0 Å². The van der Waals surface area contributed by atoms with Gasteiger partial charge in [-0.15, -0.1) is 0 Å². The summed E-state index contributed by atoms with van der Waals surface area (Å²) in [5, 5.41) is 0. The molecule has 1 heterocycles. The average molecular weight is 556 g/mol. The van der Waals surface area contributed by atoms with Crippen molar-refractivity contribution in [1.29, 1.82) is 0 Å². The molecule has 0 aromatic rings. The number of hydrogen-bond acceptors (Lipinski definition) is 6. The minimum Gasteiger partial charge on any atom is -0.463 e. The van der Waals surface area contributed by atoms with E-state index in [1.165, 1.54) is 19.4 Å². The van der Waals surface area contributed by atoms with Gasteiger partial charge in [-0.25, -0.2) is 0 Å². The number of allylic oxidation sites excluding steroid dienone is 1. The molecule has 4 fully saturated rings. The molecule has 0 N–H and O–H groups in total. The number of ketones is 1. The number of piperidine rings is 1. The second kappa shape index (κ2) is 10.9. The third-order valence-electron chi connectivity index (χ3n) is 11.8. The Bertz CT molecular complexity index is 1080. The molecule has 40 heavy (non-hydrogen) atoms. The first-order valence-electron chi connectivity index (χ1n) is 15.7. The Kier molecular flexibility index (Phi) is 7.99. The van der Waals surface area contributed by atoms with E-state index in [2.05, 4.69) is 33.8 Å². The number of carbonyl (C=O) groups excluding carboxylic acids is 4. The molecule has 0 aromatic heterocycles. The monoisotopic (exact) mass is 555 g/mol. The van der Waals surface area contributed by atoms with Crippen molar-refractivity contribution in [1.82, 2.24) is 4.90 Å². The fourth-order valence-electron chi connectivity index (χ4n) is 10.2. The van der Waals surface area contributed by atoms with Crippen molar-refractivity contribution in [2.45, 2.75) is 112 Å². The van der Waals surface area contributed by atoms with E-state index >= 15 is 0 Å². The highest BCUT2D eigenvalue weighted by Gasteiger charge is 2.63. The van der Waals surface area contributed by atoms with Crippen LogP contribution in [-0.4, -0.2) is 53.3 Å². The zero-order valence-corrected chi connectivity index (χ0v) is 25.5. The van der Waals surface area contributed by atoms with Crippen molar-refractivity contribution in [3.05, 3.63) is 11.6 Å². The number of hydrogen-bond donors (Lipinski definition) is 0. The van der Waals surface area contributed by atoms with Crippen LogP contribution in [0.15, 0.2) is 11.6 Å². The van der Waals surface area contributed by atoms with Gasteiger partial charge in [-0.1, -0.05) is 39.3 Å². The maximum absolute atomic E-state index is 14.4. The Labute approximate surface area is 239 Å². The molecule has 7 heteroatoms. The number of rotatable bonds is 4. The number of nitrogens with zero attached hydrogens (tertiary/aromatic N) is 1. The number of carbonyl (C=O) groups is 4. The molecule has 0 bridgehead atoms. The molecule has 4 aliphatic carbocycles. The Morgan fingerprint density at radius 1 is 1.00 bits per heavy atom. The first-order chi connectivity index (χ1) is 18.8. The highest BCUT2D eigenvalue weighted by Crippen LogP contribution is 2.64. The van der Waals surface area contributed by atoms with E-state index < -0.39 is 0 Å². The standard InChI is InChI=1S/C33H49NO6/c1-17-14-28(40-22(6)37)31(34(16-17)20(4)35)19(3)25-10-11-26-27-9-8-23-15-24(39-21(5)36)12-13-33(23,7)30(27)32(38)29(26)18(25)2/h10,17-19,23-24,26-31H,8-9,11-16H2,1-7H3. The van der Waals surface area contributed by atoms with Gasteiger partial charge >= 0.3 is 11.9 Å². The minimum absolute atomic E-state index is 0.000291. The molecule has 5 aliphatic rings. The van der Waals surface area contributed by atoms with Gasteiger partial charge < -0.3 is 14.4 Å². The van der Waals surface area contributed by atoms with Crippen LogP contribution in [0.3, 0.4) is 0 Å². The van der Waals surface area contributed by atoms with Crippen molar-refractivity contribution < 1.29 is 28.7 Å². The van der Waals surface area contributed by atoms with E-state index in [0.29, 0.717) is 30.1 Å². The lowest BCUT2D eigenvalue weighted by atomic mass is 9.52. The van der Waals surface area contributed by atoms with Gasteiger partial charge in [0.15, 0.2) is 0 Å². The van der Waals surface area contributed by atoms with Crippen LogP contribution in [0.25, 0.3) is 0 Å². The van der Waals surface area contributed by atoms with E-state index in [1.54, 1.807) is 6.92 Å². The number of ether oxygens (including phenoxy) is 2. The lowest BCUT2D eigenvalue weighted by Crippen LogP contribution is -2.57. The molecule has 0 spiro atoms. The van der Waals surface area contributed by atoms with Gasteiger partial charge in [0.25, 0.3) is 0 Å². The largest absolute Gasteiger partial charge is 0.463 e. The zero-order chi connectivity index (χ0) is 29.1. The molecular weight excluding hydrogens is 506 g/mol. The molecule has 1 amide bonds. The molecule has 1 aliphatic heterocycles. The highest BCUT2D eigenvalue weighted by atomic mass is 16.5. The van der Waals surface area contributed by atoms with Crippen LogP contribution in [0.5, 0.6) is 0 Å². The lowest BCUT2D eigenvalue weighted by Gasteiger charge is -2.53. The zero-order valence-electron chi connectivity index (χ0n) is 25.5. The SMILES string of the molecule is CC(=O)OC1CCC2(C)C(CCC3C4CC=C(C(C)C5C(OC(C)=O)CC(C)CN5C(C)=O)C(C)C4C(=O)C32)C1. The van der Waals surface area contributed by atoms with Crippen molar-refractivity contribution >= 4 is 23.6 Å². The summed E-state index contributed by atoms with van der Waals surface area (Å²) in [6.45, 7) is 14.0. The molecule has 5 rings (SSSR count). The van der Waals surface area contributed by atoms with Gasteiger partial charge in [-0.05, 0) is 80.0 Å². The lowest BCUT2D eigenvalue weighted by molar-refractivity contribution is -0.161. The van der Waals surface area contributed by atoms with E-state index in [4.69, 9.17) is 9.47 Å². The first-order valence-corrected chi connectivity index (χ1v) is 15.7. The Morgan fingerprint density at radius 2 is 1.70 bits per heavy atom. The summed E-state index contributed by atoms with van der Waals surface area (Å²) < 4.78 is 11.4. The summed E-state index contributed by atoms with van der Waals surface area (Å²) in [4.78, 5) is 52.8. The smallest absolute Gasteiger partial charge is 0.302 e. The van der Waals surface area contributed by atoms with E-state index in [-0.39, 0.29) is 71.1 Å². The number of esters is 2. The molecule has 12 unspecified atom stereocenters. The van der Waals surface area contributed by atoms with E-state index in [1.807, 2.05) is 4.90 Å². The molecule has 12 atom stereocenters. The second-order valence-corrected chi connectivity index (χ2v) is 14.2. The van der Waals surface area contributed by atoms with E-state index in [0.717, 1.165) is 44.9 Å². The molecule has 0 aromatic carbocycles. The predicted molar refractivity (Wildman–Crippen MR) is 151 cm³/mol. The Hall–Kier alpha value is -2.18. The number of likely N-dealkylation sites (tertiary alicyclic amines) is 1. The van der Waals surface area contributed by atoms with Crippen LogP contribution >= 0.6 is 0 Å². The number of amides is 1. The van der Waals surface area contributed by atoms with Crippen LogP contribution < -0.4 is 0 Å². The Morgan fingerprint density at radius 3 is 2.35 bits per heavy atom. The summed E-state index contributed by atoms with van der Waals surface area (Å²) in [5.41, 5.74) is 1.21. The fraction of sp³-hybridized carbons (Fsp3) is 0.818. The predicted octanol–water partition coefficient (Wildman–Crippen LogP) is 5.36. The summed E-state index contributed by atoms with van der Waals surface area (Å²) in [6, 6.07) is -0.222. The molecular formula is C33H49NO6. The first kappa shape index (κ1) is 29.3. The van der Waals surface area contributed by atoms with Crippen LogP contribution in [0.4, 0.5) is 0 Å². The number of fused-ring (bicyclic) bond motifs is 5. The third kappa shape index (κ3) is 4.93. The topological polar surface area (TPSA) is 90.0 Å². The van der Waals surface area contributed by atoms with Gasteiger partial charge in [-0.3, -0.25) is 19.2 Å². The normalized spacial score (nSPS) is 43.5. The quantitative estimate of drug-likeness (QED) is 0.343. The van der Waals surface area contributed by atoms with Crippen LogP contribution in [-0.2, 0) is 28.7 Å². The summed E-state index contributed by atoms with van der Waals surface area (Å²) >= 11 is 0. The van der Waals surface area contributed by atoms with Gasteiger partial charge in [0, 0.05) is 45.1 Å². The van der Waals surface area contributed by atoms with Crippen molar-refractivity contribution in [3.63, 3.8) is 0 Å². The van der Waals surface area contributed by atoms with E-state index in [9.17, 15) is 19.2 Å². The minimum atomic E-state index is -0.347. The third-order valence-corrected chi connectivity index (χ3v) is 11.8. The molecule has 1 saturated heterocycles. The maximum atomic E-state index is 14.4. The highest BCUT2D eigenvalue weighted by molar-refractivity contribution is 5.88. The van der Waals surface area contributed by atoms with Gasteiger partial charge in [0.2, 0.25) is 5.91 Å². The van der Waals surface area contributed by atoms with Gasteiger partial charge in [0.1, 0.15) is 18.0 Å². The maximum Gasteiger partial charge on any atom is 0.302 e.